The van der Waals surface area contributed by atoms with Crippen LogP contribution in [0.1, 0.15) is 12.5 Å². The van der Waals surface area contributed by atoms with Crippen LogP contribution in [0.5, 0.6) is 0 Å². The Morgan fingerprint density at radius 1 is 1.53 bits per heavy atom. The van der Waals surface area contributed by atoms with Gasteiger partial charge in [0.15, 0.2) is 0 Å². The van der Waals surface area contributed by atoms with Gasteiger partial charge in [0, 0.05) is 43.0 Å². The van der Waals surface area contributed by atoms with Gasteiger partial charge in [-0.2, -0.15) is 0 Å². The molecule has 92 valence electrons. The normalized spacial score (nSPS) is 20.4. The zero-order valence-electron chi connectivity index (χ0n) is 10.1. The first-order valence-corrected chi connectivity index (χ1v) is 5.81. The van der Waals surface area contributed by atoms with Crippen molar-refractivity contribution in [2.45, 2.75) is 19.9 Å². The minimum absolute atomic E-state index is 0.202. The molecule has 0 aliphatic carbocycles. The fourth-order valence-electron chi connectivity index (χ4n) is 2.16. The molecule has 0 amide bonds. The Morgan fingerprint density at radius 3 is 2.94 bits per heavy atom. The van der Waals surface area contributed by atoms with Gasteiger partial charge in [0.25, 0.3) is 5.69 Å². The van der Waals surface area contributed by atoms with Gasteiger partial charge < -0.3 is 10.2 Å². The summed E-state index contributed by atoms with van der Waals surface area (Å²) in [6.45, 7) is 6.59. The van der Waals surface area contributed by atoms with Crippen LogP contribution in [0, 0.1) is 17.0 Å². The highest BCUT2D eigenvalue weighted by Gasteiger charge is 2.19. The molecule has 5 nitrogen and oxygen atoms in total. The van der Waals surface area contributed by atoms with Crippen LogP contribution in [0.2, 0.25) is 0 Å². The summed E-state index contributed by atoms with van der Waals surface area (Å²) in [6, 6.07) is 5.87. The Kier molecular flexibility index (Phi) is 3.28. The molecule has 1 aliphatic rings. The second kappa shape index (κ2) is 4.71. The zero-order chi connectivity index (χ0) is 12.4. The quantitative estimate of drug-likeness (QED) is 0.626. The van der Waals surface area contributed by atoms with Crippen molar-refractivity contribution in [3.8, 4) is 0 Å². The lowest BCUT2D eigenvalue weighted by Crippen LogP contribution is -2.49. The van der Waals surface area contributed by atoms with Crippen LogP contribution in [0.4, 0.5) is 11.4 Å². The number of nitrogens with zero attached hydrogens (tertiary/aromatic N) is 2. The summed E-state index contributed by atoms with van der Waals surface area (Å²) in [4.78, 5) is 12.8. The van der Waals surface area contributed by atoms with Gasteiger partial charge in [0.1, 0.15) is 0 Å². The van der Waals surface area contributed by atoms with Gasteiger partial charge in [-0.05, 0) is 19.9 Å². The molecule has 0 bridgehead atoms. The lowest BCUT2D eigenvalue weighted by atomic mass is 10.1. The molecule has 1 N–H and O–H groups in total. The van der Waals surface area contributed by atoms with Crippen molar-refractivity contribution in [3.63, 3.8) is 0 Å². The molecule has 0 radical (unpaired) electrons. The minimum atomic E-state index is -0.315. The maximum absolute atomic E-state index is 10.9. The molecule has 1 fully saturated rings. The van der Waals surface area contributed by atoms with E-state index >= 15 is 0 Å². The molecule has 1 heterocycles. The number of piperazine rings is 1. The lowest BCUT2D eigenvalue weighted by Gasteiger charge is -2.33. The molecular weight excluding hydrogens is 218 g/mol. The molecule has 0 aromatic heterocycles. The summed E-state index contributed by atoms with van der Waals surface area (Å²) in [7, 11) is 0. The van der Waals surface area contributed by atoms with E-state index < -0.39 is 0 Å². The van der Waals surface area contributed by atoms with Crippen LogP contribution in [-0.2, 0) is 0 Å². The molecule has 1 atom stereocenters. The number of nitro benzene ring substituents is 1. The molecule has 2 rings (SSSR count). The molecule has 1 unspecified atom stereocenters. The zero-order valence-corrected chi connectivity index (χ0v) is 10.1. The fourth-order valence-corrected chi connectivity index (χ4v) is 2.16. The van der Waals surface area contributed by atoms with E-state index in [2.05, 4.69) is 17.1 Å². The average Bonchev–Trinajstić information content (AvgIpc) is 2.29. The van der Waals surface area contributed by atoms with E-state index in [0.717, 1.165) is 25.3 Å². The molecule has 1 aromatic rings. The summed E-state index contributed by atoms with van der Waals surface area (Å²) >= 11 is 0. The number of nitro groups is 1. The van der Waals surface area contributed by atoms with Gasteiger partial charge in [-0.25, -0.2) is 0 Å². The average molecular weight is 235 g/mol. The topological polar surface area (TPSA) is 58.4 Å². The Bertz CT molecular complexity index is 434. The Morgan fingerprint density at radius 2 is 2.29 bits per heavy atom. The monoisotopic (exact) mass is 235 g/mol. The minimum Gasteiger partial charge on any atom is -0.369 e. The van der Waals surface area contributed by atoms with E-state index in [-0.39, 0.29) is 10.6 Å². The van der Waals surface area contributed by atoms with Gasteiger partial charge >= 0.3 is 0 Å². The smallest absolute Gasteiger partial charge is 0.274 e. The predicted octanol–water partition coefficient (Wildman–Crippen LogP) is 1.70. The number of nitrogens with one attached hydrogen (secondary N) is 1. The van der Waals surface area contributed by atoms with Gasteiger partial charge in [-0.3, -0.25) is 10.1 Å². The maximum atomic E-state index is 10.9. The van der Waals surface area contributed by atoms with Crippen molar-refractivity contribution in [3.05, 3.63) is 33.9 Å². The van der Waals surface area contributed by atoms with Crippen molar-refractivity contribution < 1.29 is 4.92 Å². The van der Waals surface area contributed by atoms with Crippen LogP contribution in [0.25, 0.3) is 0 Å². The van der Waals surface area contributed by atoms with Crippen LogP contribution < -0.4 is 10.2 Å². The molecule has 1 aliphatic heterocycles. The summed E-state index contributed by atoms with van der Waals surface area (Å²) in [6.07, 6.45) is 0. The molecular formula is C12H17N3O2. The van der Waals surface area contributed by atoms with Crippen LogP contribution in [-0.4, -0.2) is 30.6 Å². The summed E-state index contributed by atoms with van der Waals surface area (Å²) in [5.41, 5.74) is 1.85. The highest BCUT2D eigenvalue weighted by molar-refractivity contribution is 5.56. The molecule has 1 saturated heterocycles. The first-order chi connectivity index (χ1) is 8.08. The van der Waals surface area contributed by atoms with E-state index in [0.29, 0.717) is 11.6 Å². The third-order valence-electron chi connectivity index (χ3n) is 3.12. The second-order valence-corrected chi connectivity index (χ2v) is 4.53. The number of rotatable bonds is 2. The third-order valence-corrected chi connectivity index (χ3v) is 3.12. The number of benzene rings is 1. The summed E-state index contributed by atoms with van der Waals surface area (Å²) in [5, 5.41) is 14.3. The first kappa shape index (κ1) is 11.9. The van der Waals surface area contributed by atoms with Crippen molar-refractivity contribution in [2.24, 2.45) is 0 Å². The number of aryl methyl sites for hydroxylation is 1. The molecule has 1 aromatic carbocycles. The van der Waals surface area contributed by atoms with Gasteiger partial charge in [-0.1, -0.05) is 6.07 Å². The van der Waals surface area contributed by atoms with E-state index in [1.807, 2.05) is 12.1 Å². The van der Waals surface area contributed by atoms with E-state index in [4.69, 9.17) is 0 Å². The van der Waals surface area contributed by atoms with Crippen LogP contribution in [0.15, 0.2) is 18.2 Å². The van der Waals surface area contributed by atoms with Gasteiger partial charge in [0.2, 0.25) is 0 Å². The van der Waals surface area contributed by atoms with Gasteiger partial charge in [-0.15, -0.1) is 0 Å². The lowest BCUT2D eigenvalue weighted by molar-refractivity contribution is -0.385. The number of hydrogen-bond acceptors (Lipinski definition) is 4. The predicted molar refractivity (Wildman–Crippen MR) is 67.5 cm³/mol. The number of anilines is 1. The molecule has 17 heavy (non-hydrogen) atoms. The van der Waals surface area contributed by atoms with E-state index in [1.54, 1.807) is 13.0 Å². The summed E-state index contributed by atoms with van der Waals surface area (Å²) in [5.74, 6) is 0. The molecule has 0 spiro atoms. The van der Waals surface area contributed by atoms with Crippen molar-refractivity contribution in [1.29, 1.82) is 0 Å². The van der Waals surface area contributed by atoms with Gasteiger partial charge in [0.05, 0.1) is 4.92 Å². The van der Waals surface area contributed by atoms with Crippen LogP contribution >= 0.6 is 0 Å². The SMILES string of the molecule is Cc1ccc(N2CCNC(C)C2)cc1[N+](=O)[O-]. The molecule has 5 heteroatoms. The Balaban J connectivity index is 2.26. The third kappa shape index (κ3) is 2.55. The Hall–Kier alpha value is -1.62. The van der Waals surface area contributed by atoms with E-state index in [9.17, 15) is 10.1 Å². The maximum Gasteiger partial charge on any atom is 0.274 e. The first-order valence-electron chi connectivity index (χ1n) is 5.81. The van der Waals surface area contributed by atoms with Crippen LogP contribution in [0.3, 0.4) is 0 Å². The highest BCUT2D eigenvalue weighted by atomic mass is 16.6. The Labute approximate surface area is 101 Å². The fraction of sp³-hybridized carbons (Fsp3) is 0.500. The second-order valence-electron chi connectivity index (χ2n) is 4.53. The van der Waals surface area contributed by atoms with Crippen molar-refractivity contribution in [1.82, 2.24) is 5.32 Å². The van der Waals surface area contributed by atoms with E-state index in [1.165, 1.54) is 0 Å². The van der Waals surface area contributed by atoms with Crippen molar-refractivity contribution >= 4 is 11.4 Å². The molecule has 0 saturated carbocycles. The summed E-state index contributed by atoms with van der Waals surface area (Å²) < 4.78 is 0. The standard InChI is InChI=1S/C12H17N3O2/c1-9-3-4-11(7-12(9)15(16)17)14-6-5-13-10(2)8-14/h3-4,7,10,13H,5-6,8H2,1-2H3. The number of hydrogen-bond donors (Lipinski definition) is 1. The van der Waals surface area contributed by atoms with Crippen molar-refractivity contribution in [2.75, 3.05) is 24.5 Å². The largest absolute Gasteiger partial charge is 0.369 e. The highest BCUT2D eigenvalue weighted by Crippen LogP contribution is 2.25.